The number of rotatable bonds is 9. The maximum Gasteiger partial charge on any atom is 0.329 e. The molecule has 2 N–H and O–H groups in total. The Bertz CT molecular complexity index is 1190. The van der Waals surface area contributed by atoms with Crippen LogP contribution in [0.4, 0.5) is 10.5 Å². The van der Waals surface area contributed by atoms with Crippen molar-refractivity contribution in [2.75, 3.05) is 32.2 Å². The normalized spacial score (nSPS) is 13.9. The number of urea groups is 1. The van der Waals surface area contributed by atoms with Gasteiger partial charge in [-0.3, -0.25) is 9.59 Å². The Morgan fingerprint density at radius 1 is 1.24 bits per heavy atom. The molecule has 1 aliphatic heterocycles. The number of carbonyl (C=O) groups excluding carboxylic acids is 3. The predicted octanol–water partition coefficient (Wildman–Crippen LogP) is 3.29. The number of para-hydroxylation sites is 2. The lowest BCUT2D eigenvalue weighted by Crippen LogP contribution is -2.38. The molecule has 1 saturated heterocycles. The van der Waals surface area contributed by atoms with Gasteiger partial charge in [-0.05, 0) is 42.8 Å². The topological polar surface area (TPSA) is 106 Å². The Labute approximate surface area is 201 Å². The molecule has 3 rings (SSSR count). The third-order valence-electron chi connectivity index (χ3n) is 4.59. The Kier molecular flexibility index (Phi) is 8.01. The lowest BCUT2D eigenvalue weighted by molar-refractivity contribution is -0.127. The fraction of sp³-hybridized carbons (Fsp3) is 0.208. The van der Waals surface area contributed by atoms with Crippen LogP contribution >= 0.6 is 11.6 Å². The van der Waals surface area contributed by atoms with Crippen LogP contribution in [0.2, 0.25) is 5.02 Å². The highest BCUT2D eigenvalue weighted by Gasteiger charge is 2.35. The number of benzene rings is 2. The molecule has 0 atom stereocenters. The van der Waals surface area contributed by atoms with E-state index in [1.54, 1.807) is 43.3 Å². The Balaban J connectivity index is 1.78. The number of carbonyl (C=O) groups is 3. The molecule has 4 amide bonds. The zero-order valence-electron chi connectivity index (χ0n) is 18.5. The molecule has 2 aromatic carbocycles. The van der Waals surface area contributed by atoms with Crippen LogP contribution < -0.4 is 24.8 Å². The zero-order chi connectivity index (χ0) is 24.7. The predicted molar refractivity (Wildman–Crippen MR) is 127 cm³/mol. The summed E-state index contributed by atoms with van der Waals surface area (Å²) in [5, 5.41) is 5.31. The minimum absolute atomic E-state index is 0.000648. The summed E-state index contributed by atoms with van der Waals surface area (Å²) in [7, 11) is 1.47. The van der Waals surface area contributed by atoms with Gasteiger partial charge in [0.25, 0.3) is 5.91 Å². The standard InChI is InChI=1S/C24H22ClN3O6/c1-4-10-34-22-16(25)11-15(13-20(22)33-5-2)12-18-23(30)28(24(31)27-18)14-21(29)26-17-8-6-7-9-19(17)32-3/h1,6-9,11-13H,5,10,14H2,2-3H3,(H,26,29)(H,27,31)/b18-12+. The maximum atomic E-state index is 12.8. The summed E-state index contributed by atoms with van der Waals surface area (Å²) in [5.74, 6) is 2.19. The third kappa shape index (κ3) is 5.60. The van der Waals surface area contributed by atoms with Gasteiger partial charge in [0, 0.05) is 0 Å². The van der Waals surface area contributed by atoms with Crippen molar-refractivity contribution in [1.82, 2.24) is 10.2 Å². The SMILES string of the molecule is C#CCOc1c(Cl)cc(/C=C2/NC(=O)N(CC(=O)Nc3ccccc3OC)C2=O)cc1OCC. The first-order chi connectivity index (χ1) is 16.4. The van der Waals surface area contributed by atoms with Crippen molar-refractivity contribution in [3.05, 3.63) is 52.7 Å². The van der Waals surface area contributed by atoms with Gasteiger partial charge < -0.3 is 24.8 Å². The van der Waals surface area contributed by atoms with Gasteiger partial charge in [-0.15, -0.1) is 6.42 Å². The second kappa shape index (κ2) is 11.1. The number of amides is 4. The highest BCUT2D eigenvalue weighted by Crippen LogP contribution is 2.37. The number of nitrogens with one attached hydrogen (secondary N) is 2. The van der Waals surface area contributed by atoms with Gasteiger partial charge in [-0.25, -0.2) is 9.69 Å². The van der Waals surface area contributed by atoms with Crippen molar-refractivity contribution in [3.63, 3.8) is 0 Å². The lowest BCUT2D eigenvalue weighted by Gasteiger charge is -2.14. The van der Waals surface area contributed by atoms with Crippen LogP contribution in [-0.2, 0) is 9.59 Å². The molecule has 1 fully saturated rings. The van der Waals surface area contributed by atoms with Crippen molar-refractivity contribution >= 4 is 41.2 Å². The smallest absolute Gasteiger partial charge is 0.329 e. The van der Waals surface area contributed by atoms with Crippen LogP contribution in [0.15, 0.2) is 42.1 Å². The average Bonchev–Trinajstić information content (AvgIpc) is 3.06. The van der Waals surface area contributed by atoms with Gasteiger partial charge in [0.15, 0.2) is 11.5 Å². The van der Waals surface area contributed by atoms with Crippen LogP contribution in [0.5, 0.6) is 17.2 Å². The van der Waals surface area contributed by atoms with E-state index >= 15 is 0 Å². The Morgan fingerprint density at radius 3 is 2.71 bits per heavy atom. The zero-order valence-corrected chi connectivity index (χ0v) is 19.3. The lowest BCUT2D eigenvalue weighted by atomic mass is 10.1. The van der Waals surface area contributed by atoms with Crippen LogP contribution in [0.25, 0.3) is 6.08 Å². The molecular formula is C24H22ClN3O6. The number of ether oxygens (including phenoxy) is 3. The molecule has 1 aliphatic rings. The van der Waals surface area contributed by atoms with Crippen molar-refractivity contribution in [1.29, 1.82) is 0 Å². The van der Waals surface area contributed by atoms with E-state index in [9.17, 15) is 14.4 Å². The summed E-state index contributed by atoms with van der Waals surface area (Å²) >= 11 is 6.31. The summed E-state index contributed by atoms with van der Waals surface area (Å²) in [5.41, 5.74) is 0.874. The molecule has 9 nitrogen and oxygen atoms in total. The van der Waals surface area contributed by atoms with Gasteiger partial charge in [-0.1, -0.05) is 29.7 Å². The molecule has 0 unspecified atom stereocenters. The first kappa shape index (κ1) is 24.5. The second-order valence-corrected chi connectivity index (χ2v) is 7.29. The van der Waals surface area contributed by atoms with E-state index in [2.05, 4.69) is 16.6 Å². The van der Waals surface area contributed by atoms with Crippen LogP contribution in [0.1, 0.15) is 12.5 Å². The molecule has 0 bridgehead atoms. The van der Waals surface area contributed by atoms with E-state index in [1.807, 2.05) is 0 Å². The maximum absolute atomic E-state index is 12.8. The van der Waals surface area contributed by atoms with Crippen molar-refractivity contribution in [2.24, 2.45) is 0 Å². The van der Waals surface area contributed by atoms with E-state index < -0.39 is 24.4 Å². The average molecular weight is 484 g/mol. The van der Waals surface area contributed by atoms with E-state index in [4.69, 9.17) is 32.2 Å². The van der Waals surface area contributed by atoms with E-state index in [1.165, 1.54) is 13.2 Å². The molecule has 34 heavy (non-hydrogen) atoms. The summed E-state index contributed by atoms with van der Waals surface area (Å²) in [6.45, 7) is 1.65. The molecule has 0 spiro atoms. The fourth-order valence-corrected chi connectivity index (χ4v) is 3.42. The number of hydrogen-bond acceptors (Lipinski definition) is 6. The fourth-order valence-electron chi connectivity index (χ4n) is 3.15. The number of terminal acetylenes is 1. The van der Waals surface area contributed by atoms with Crippen LogP contribution in [0.3, 0.4) is 0 Å². The number of anilines is 1. The minimum Gasteiger partial charge on any atom is -0.495 e. The third-order valence-corrected chi connectivity index (χ3v) is 4.87. The molecule has 0 aliphatic carbocycles. The van der Waals surface area contributed by atoms with Gasteiger partial charge in [0.1, 0.15) is 24.6 Å². The summed E-state index contributed by atoms with van der Waals surface area (Å²) in [4.78, 5) is 38.4. The summed E-state index contributed by atoms with van der Waals surface area (Å²) < 4.78 is 16.2. The number of nitrogens with zero attached hydrogens (tertiary/aromatic N) is 1. The second-order valence-electron chi connectivity index (χ2n) is 6.88. The summed E-state index contributed by atoms with van der Waals surface area (Å²) in [6.07, 6.45) is 6.67. The van der Waals surface area contributed by atoms with Crippen molar-refractivity contribution in [2.45, 2.75) is 6.92 Å². The van der Waals surface area contributed by atoms with Gasteiger partial charge >= 0.3 is 6.03 Å². The number of halogens is 1. The molecule has 2 aromatic rings. The van der Waals surface area contributed by atoms with E-state index in [0.717, 1.165) is 4.90 Å². The highest BCUT2D eigenvalue weighted by atomic mass is 35.5. The molecule has 1 heterocycles. The summed E-state index contributed by atoms with van der Waals surface area (Å²) in [6, 6.07) is 9.21. The number of hydrogen-bond donors (Lipinski definition) is 2. The van der Waals surface area contributed by atoms with Crippen molar-refractivity contribution in [3.8, 4) is 29.6 Å². The quantitative estimate of drug-likeness (QED) is 0.322. The Morgan fingerprint density at radius 2 is 2.00 bits per heavy atom. The molecule has 0 radical (unpaired) electrons. The monoisotopic (exact) mass is 483 g/mol. The largest absolute Gasteiger partial charge is 0.495 e. The number of imide groups is 1. The molecule has 0 saturated carbocycles. The van der Waals surface area contributed by atoms with Gasteiger partial charge in [-0.2, -0.15) is 0 Å². The molecular weight excluding hydrogens is 462 g/mol. The van der Waals surface area contributed by atoms with Crippen LogP contribution in [-0.4, -0.2) is 49.6 Å². The van der Waals surface area contributed by atoms with Crippen molar-refractivity contribution < 1.29 is 28.6 Å². The Hall–Kier alpha value is -4.16. The molecule has 0 aromatic heterocycles. The van der Waals surface area contributed by atoms with E-state index in [-0.39, 0.29) is 23.1 Å². The first-order valence-electron chi connectivity index (χ1n) is 10.2. The molecule has 176 valence electrons. The van der Waals surface area contributed by atoms with Gasteiger partial charge in [0.05, 0.1) is 24.4 Å². The number of methoxy groups -OCH3 is 1. The van der Waals surface area contributed by atoms with Gasteiger partial charge in [0.2, 0.25) is 5.91 Å². The van der Waals surface area contributed by atoms with Crippen LogP contribution in [0, 0.1) is 12.3 Å². The minimum atomic E-state index is -0.725. The first-order valence-corrected chi connectivity index (χ1v) is 10.6. The van der Waals surface area contributed by atoms with E-state index in [0.29, 0.717) is 29.4 Å². The molecule has 10 heteroatoms. The highest BCUT2D eigenvalue weighted by molar-refractivity contribution is 6.32.